The Balaban J connectivity index is 1.56. The molecule has 124 valence electrons. The first-order chi connectivity index (χ1) is 11.1. The lowest BCUT2D eigenvalue weighted by Crippen LogP contribution is -2.61. The molecule has 1 aromatic rings. The lowest BCUT2D eigenvalue weighted by molar-refractivity contribution is -0.00460. The Morgan fingerprint density at radius 3 is 2.61 bits per heavy atom. The second-order valence-electron chi connectivity index (χ2n) is 6.58. The molecular weight excluding hydrogens is 316 g/mol. The number of ether oxygens (including phenoxy) is 2. The molecule has 2 bridgehead atoms. The summed E-state index contributed by atoms with van der Waals surface area (Å²) in [6, 6.07) is 5.66. The van der Waals surface area contributed by atoms with Crippen molar-refractivity contribution in [3.63, 3.8) is 0 Å². The quantitative estimate of drug-likeness (QED) is 0.778. The number of carbonyl (C=O) groups is 1. The van der Waals surface area contributed by atoms with Crippen molar-refractivity contribution in [3.05, 3.63) is 23.8 Å². The molecule has 3 fully saturated rings. The summed E-state index contributed by atoms with van der Waals surface area (Å²) in [4.78, 5) is 15.3. The van der Waals surface area contributed by atoms with E-state index in [4.69, 9.17) is 21.3 Å². The van der Waals surface area contributed by atoms with E-state index < -0.39 is 0 Å². The third-order valence-corrected chi connectivity index (χ3v) is 5.75. The highest BCUT2D eigenvalue weighted by Crippen LogP contribution is 2.37. The standard InChI is InChI=1S/C17H21ClN2O3/c1-11-16(12-4-6-19(11)7-5-12)20(18)17(21)13-2-3-14-15(10-13)23-9-8-22-14/h2-3,10-12,16H,4-9H2,1H3/t11-,16-/m0/s1. The number of carbonyl (C=O) groups excluding carboxylic acids is 1. The summed E-state index contributed by atoms with van der Waals surface area (Å²) in [5.41, 5.74) is 0.549. The van der Waals surface area contributed by atoms with Crippen molar-refractivity contribution in [1.82, 2.24) is 9.32 Å². The maximum Gasteiger partial charge on any atom is 0.268 e. The zero-order valence-electron chi connectivity index (χ0n) is 13.2. The van der Waals surface area contributed by atoms with Gasteiger partial charge in [0.15, 0.2) is 11.5 Å². The van der Waals surface area contributed by atoms with Crippen LogP contribution >= 0.6 is 11.8 Å². The van der Waals surface area contributed by atoms with Gasteiger partial charge in [0, 0.05) is 23.4 Å². The minimum atomic E-state index is -0.158. The second-order valence-corrected chi connectivity index (χ2v) is 6.94. The van der Waals surface area contributed by atoms with Crippen LogP contribution in [0.5, 0.6) is 11.5 Å². The van der Waals surface area contributed by atoms with Gasteiger partial charge in [0.25, 0.3) is 5.91 Å². The highest BCUT2D eigenvalue weighted by molar-refractivity contribution is 6.24. The van der Waals surface area contributed by atoms with Crippen molar-refractivity contribution >= 4 is 17.7 Å². The highest BCUT2D eigenvalue weighted by atomic mass is 35.5. The van der Waals surface area contributed by atoms with E-state index in [2.05, 4.69) is 11.8 Å². The number of hydrogen-bond acceptors (Lipinski definition) is 4. The molecule has 1 aromatic carbocycles. The summed E-state index contributed by atoms with van der Waals surface area (Å²) in [6.45, 7) is 5.45. The molecule has 0 aromatic heterocycles. The van der Waals surface area contributed by atoms with Gasteiger partial charge in [0.2, 0.25) is 0 Å². The molecule has 0 radical (unpaired) electrons. The van der Waals surface area contributed by atoms with Crippen LogP contribution in [0, 0.1) is 5.92 Å². The van der Waals surface area contributed by atoms with Crippen molar-refractivity contribution in [1.29, 1.82) is 0 Å². The lowest BCUT2D eigenvalue weighted by Gasteiger charge is -2.51. The lowest BCUT2D eigenvalue weighted by atomic mass is 9.79. The maximum absolute atomic E-state index is 12.8. The molecule has 4 aliphatic heterocycles. The highest BCUT2D eigenvalue weighted by Gasteiger charge is 2.44. The molecule has 1 amide bonds. The molecule has 4 aliphatic rings. The Morgan fingerprint density at radius 1 is 1.22 bits per heavy atom. The number of amides is 1. The SMILES string of the molecule is C[C@H]1[C@H](N(Cl)C(=O)c2ccc3c(c2)OCCO3)C2CCN1CC2. The van der Waals surface area contributed by atoms with Crippen LogP contribution in [0.1, 0.15) is 30.1 Å². The minimum Gasteiger partial charge on any atom is -0.486 e. The molecule has 0 saturated carbocycles. The number of nitrogens with zero attached hydrogens (tertiary/aromatic N) is 2. The van der Waals surface area contributed by atoms with Gasteiger partial charge in [0.1, 0.15) is 13.2 Å². The molecule has 0 N–H and O–H groups in total. The third-order valence-electron chi connectivity index (χ3n) is 5.37. The molecule has 0 spiro atoms. The first-order valence-corrected chi connectivity index (χ1v) is 8.62. The predicted molar refractivity (Wildman–Crippen MR) is 87.0 cm³/mol. The van der Waals surface area contributed by atoms with Gasteiger partial charge in [-0.1, -0.05) is 0 Å². The van der Waals surface area contributed by atoms with E-state index in [1.165, 1.54) is 4.42 Å². The zero-order valence-corrected chi connectivity index (χ0v) is 14.0. The number of halogens is 1. The van der Waals surface area contributed by atoms with Crippen molar-refractivity contribution < 1.29 is 14.3 Å². The van der Waals surface area contributed by atoms with E-state index >= 15 is 0 Å². The average Bonchev–Trinajstić information content (AvgIpc) is 2.61. The van der Waals surface area contributed by atoms with Crippen LogP contribution in [0.2, 0.25) is 0 Å². The molecule has 0 unspecified atom stereocenters. The number of hydrogen-bond donors (Lipinski definition) is 0. The van der Waals surface area contributed by atoms with E-state index in [9.17, 15) is 4.79 Å². The second kappa shape index (κ2) is 5.87. The van der Waals surface area contributed by atoms with Crippen molar-refractivity contribution in [3.8, 4) is 11.5 Å². The fraction of sp³-hybridized carbons (Fsp3) is 0.588. The van der Waals surface area contributed by atoms with Gasteiger partial charge in [-0.3, -0.25) is 9.69 Å². The molecule has 2 atom stereocenters. The Hall–Kier alpha value is -1.46. The van der Waals surface area contributed by atoms with Crippen molar-refractivity contribution in [2.45, 2.75) is 31.8 Å². The zero-order chi connectivity index (χ0) is 16.0. The van der Waals surface area contributed by atoms with Crippen LogP contribution in [0.4, 0.5) is 0 Å². The number of fused-ring (bicyclic) bond motifs is 4. The molecule has 6 heteroatoms. The third kappa shape index (κ3) is 2.56. The van der Waals surface area contributed by atoms with Crippen molar-refractivity contribution in [2.75, 3.05) is 26.3 Å². The Bertz CT molecular complexity index is 614. The molecule has 0 aliphatic carbocycles. The number of piperidine rings is 3. The Labute approximate surface area is 141 Å². The Morgan fingerprint density at radius 2 is 1.91 bits per heavy atom. The fourth-order valence-electron chi connectivity index (χ4n) is 4.09. The first-order valence-electron chi connectivity index (χ1n) is 8.28. The van der Waals surface area contributed by atoms with Crippen LogP contribution in [-0.4, -0.2) is 53.6 Å². The van der Waals surface area contributed by atoms with Crippen LogP contribution in [0.25, 0.3) is 0 Å². The molecular formula is C17H21ClN2O3. The molecule has 4 heterocycles. The fourth-order valence-corrected chi connectivity index (χ4v) is 4.51. The summed E-state index contributed by atoms with van der Waals surface area (Å²) >= 11 is 6.50. The van der Waals surface area contributed by atoms with E-state index in [1.807, 2.05) is 0 Å². The average molecular weight is 337 g/mol. The van der Waals surface area contributed by atoms with Crippen LogP contribution in [0.3, 0.4) is 0 Å². The van der Waals surface area contributed by atoms with E-state index in [1.54, 1.807) is 18.2 Å². The smallest absolute Gasteiger partial charge is 0.268 e. The van der Waals surface area contributed by atoms with E-state index in [-0.39, 0.29) is 11.9 Å². The molecule has 5 rings (SSSR count). The van der Waals surface area contributed by atoms with Gasteiger partial charge in [-0.15, -0.1) is 0 Å². The summed E-state index contributed by atoms with van der Waals surface area (Å²) < 4.78 is 12.5. The topological polar surface area (TPSA) is 42.0 Å². The number of rotatable bonds is 2. The van der Waals surface area contributed by atoms with Gasteiger partial charge in [-0.2, -0.15) is 0 Å². The number of benzene rings is 1. The first kappa shape index (κ1) is 15.1. The monoisotopic (exact) mass is 336 g/mol. The predicted octanol–water partition coefficient (Wildman–Crippen LogP) is 2.54. The van der Waals surface area contributed by atoms with Gasteiger partial charge >= 0.3 is 0 Å². The van der Waals surface area contributed by atoms with Gasteiger partial charge in [0.05, 0.1) is 6.04 Å². The van der Waals surface area contributed by atoms with Crippen LogP contribution in [-0.2, 0) is 0 Å². The maximum atomic E-state index is 12.8. The summed E-state index contributed by atoms with van der Waals surface area (Å²) in [5, 5.41) is 0. The van der Waals surface area contributed by atoms with Gasteiger partial charge in [-0.25, -0.2) is 4.42 Å². The van der Waals surface area contributed by atoms with Crippen LogP contribution < -0.4 is 9.47 Å². The molecule has 23 heavy (non-hydrogen) atoms. The molecule has 3 saturated heterocycles. The van der Waals surface area contributed by atoms with Gasteiger partial charge < -0.3 is 9.47 Å². The summed E-state index contributed by atoms with van der Waals surface area (Å²) in [6.07, 6.45) is 2.24. The summed E-state index contributed by atoms with van der Waals surface area (Å²) in [7, 11) is 0. The van der Waals surface area contributed by atoms with Gasteiger partial charge in [-0.05, 0) is 57.0 Å². The van der Waals surface area contributed by atoms with E-state index in [0.717, 1.165) is 25.9 Å². The minimum absolute atomic E-state index is 0.0693. The largest absolute Gasteiger partial charge is 0.486 e. The molecule has 5 nitrogen and oxygen atoms in total. The normalized spacial score (nSPS) is 31.7. The van der Waals surface area contributed by atoms with E-state index in [0.29, 0.717) is 42.2 Å². The summed E-state index contributed by atoms with van der Waals surface area (Å²) in [5.74, 6) is 1.64. The van der Waals surface area contributed by atoms with Crippen molar-refractivity contribution in [2.24, 2.45) is 5.92 Å². The Kier molecular flexibility index (Phi) is 3.85. The van der Waals surface area contributed by atoms with Crippen LogP contribution in [0.15, 0.2) is 18.2 Å².